The van der Waals surface area contributed by atoms with Gasteiger partial charge in [-0.2, -0.15) is 18.2 Å². The Hall–Kier alpha value is -0.0266. The molecule has 0 spiro atoms. The molecule has 1 aromatic carbocycles. The van der Waals surface area contributed by atoms with Crippen LogP contribution in [0, 0.1) is 7.43 Å². The van der Waals surface area contributed by atoms with E-state index >= 15 is 0 Å². The number of hydrogen-bond acceptors (Lipinski definition) is 0. The van der Waals surface area contributed by atoms with E-state index in [1.807, 2.05) is 30.3 Å². The van der Waals surface area contributed by atoms with Crippen LogP contribution < -0.4 is 0 Å². The SMILES string of the molecule is [CH3-].[RuH2+2].c1cc[cH-]c1. The average Bonchev–Trinajstić information content (AvgIpc) is 1.76. The molecule has 0 radical (unpaired) electrons. The minimum Gasteiger partial charge on any atom is -0.214 e. The van der Waals surface area contributed by atoms with Gasteiger partial charge in [-0.1, -0.05) is 0 Å². The van der Waals surface area contributed by atoms with Crippen LogP contribution in [-0.4, -0.2) is 0 Å². The van der Waals surface area contributed by atoms with Crippen molar-refractivity contribution in [1.82, 2.24) is 0 Å². The van der Waals surface area contributed by atoms with Gasteiger partial charge in [-0.05, 0) is 0 Å². The van der Waals surface area contributed by atoms with E-state index in [0.717, 1.165) is 0 Å². The van der Waals surface area contributed by atoms with Gasteiger partial charge in [0.15, 0.2) is 0 Å². The van der Waals surface area contributed by atoms with Crippen molar-refractivity contribution in [3.63, 3.8) is 0 Å². The molecule has 0 amide bonds. The molecule has 0 heterocycles. The monoisotopic (exact) mass is 184 g/mol. The first kappa shape index (κ1) is 10.1. The van der Waals surface area contributed by atoms with Gasteiger partial charge in [0.25, 0.3) is 0 Å². The van der Waals surface area contributed by atoms with E-state index in [9.17, 15) is 0 Å². The Balaban J connectivity index is 0. The molecular formula is C6H10Ru. The molecule has 0 fully saturated rings. The summed E-state index contributed by atoms with van der Waals surface area (Å²) in [6.07, 6.45) is 0. The van der Waals surface area contributed by atoms with Crippen LogP contribution in [0.15, 0.2) is 30.3 Å². The molecule has 42 valence electrons. The summed E-state index contributed by atoms with van der Waals surface area (Å²) in [4.78, 5) is 0. The molecule has 0 N–H and O–H groups in total. The summed E-state index contributed by atoms with van der Waals surface area (Å²) in [6, 6.07) is 10.0. The minimum atomic E-state index is 0. The Bertz CT molecular complexity index is 60.7. The third-order valence-electron chi connectivity index (χ3n) is 0.556. The fraction of sp³-hybridized carbons (Fsp3) is 0. The van der Waals surface area contributed by atoms with E-state index < -0.39 is 0 Å². The summed E-state index contributed by atoms with van der Waals surface area (Å²) < 4.78 is 0. The van der Waals surface area contributed by atoms with E-state index in [-0.39, 0.29) is 26.9 Å². The first-order chi connectivity index (χ1) is 2.50. The summed E-state index contributed by atoms with van der Waals surface area (Å²) >= 11 is 0. The summed E-state index contributed by atoms with van der Waals surface area (Å²) in [7, 11) is 0. The average molecular weight is 183 g/mol. The molecule has 1 heteroatoms. The molecule has 0 saturated heterocycles. The van der Waals surface area contributed by atoms with Crippen molar-refractivity contribution in [3.05, 3.63) is 37.8 Å². The van der Waals surface area contributed by atoms with Gasteiger partial charge in [0.1, 0.15) is 0 Å². The molecule has 0 aromatic heterocycles. The van der Waals surface area contributed by atoms with Crippen LogP contribution in [0.1, 0.15) is 0 Å². The van der Waals surface area contributed by atoms with Gasteiger partial charge in [0, 0.05) is 0 Å². The predicted molar refractivity (Wildman–Crippen MR) is 31.2 cm³/mol. The second-order valence-corrected chi connectivity index (χ2v) is 0.962. The molecule has 0 saturated carbocycles. The maximum absolute atomic E-state index is 2.00. The third kappa shape index (κ3) is 3.81. The zero-order valence-electron chi connectivity index (χ0n) is 4.29. The molecule has 0 nitrogen and oxygen atoms in total. The molecule has 7 heavy (non-hydrogen) atoms. The molecule has 0 bridgehead atoms. The summed E-state index contributed by atoms with van der Waals surface area (Å²) in [5.74, 6) is 0. The second-order valence-electron chi connectivity index (χ2n) is 0.962. The Labute approximate surface area is 57.7 Å². The molecular weight excluding hydrogens is 173 g/mol. The van der Waals surface area contributed by atoms with Crippen molar-refractivity contribution in [2.45, 2.75) is 0 Å². The van der Waals surface area contributed by atoms with Crippen molar-refractivity contribution in [3.8, 4) is 0 Å². The first-order valence-corrected chi connectivity index (χ1v) is 1.67. The van der Waals surface area contributed by atoms with E-state index in [4.69, 9.17) is 0 Å². The molecule has 0 atom stereocenters. The summed E-state index contributed by atoms with van der Waals surface area (Å²) in [5, 5.41) is 0. The quantitative estimate of drug-likeness (QED) is 0.420. The van der Waals surface area contributed by atoms with Gasteiger partial charge in [-0.3, -0.25) is 0 Å². The standard InChI is InChI=1S/C5H5.CH3.Ru.2H/c1-2-4-5-3-1;;;;/h1-5H;1H3;;;/q2*-1;+2;;. The Kier molecular flexibility index (Phi) is 8.58. The maximum Gasteiger partial charge on any atom is -0.172 e. The maximum atomic E-state index is 2.00. The van der Waals surface area contributed by atoms with Gasteiger partial charge in [0.2, 0.25) is 0 Å². The Morgan fingerprint density at radius 3 is 1.57 bits per heavy atom. The van der Waals surface area contributed by atoms with Crippen LogP contribution in [0.5, 0.6) is 0 Å². The molecule has 0 aliphatic carbocycles. The second kappa shape index (κ2) is 5.97. The Morgan fingerprint density at radius 2 is 1.43 bits per heavy atom. The largest absolute Gasteiger partial charge is 0.214 e. The zero-order valence-corrected chi connectivity index (χ0v) is 6.30. The van der Waals surface area contributed by atoms with E-state index in [0.29, 0.717) is 0 Å². The van der Waals surface area contributed by atoms with Gasteiger partial charge >= 0.3 is 19.5 Å². The van der Waals surface area contributed by atoms with E-state index in [1.165, 1.54) is 0 Å². The van der Waals surface area contributed by atoms with Crippen molar-refractivity contribution in [1.29, 1.82) is 0 Å². The van der Waals surface area contributed by atoms with Crippen molar-refractivity contribution in [2.75, 3.05) is 0 Å². The summed E-state index contributed by atoms with van der Waals surface area (Å²) in [5.41, 5.74) is 0. The van der Waals surface area contributed by atoms with Crippen molar-refractivity contribution < 1.29 is 19.5 Å². The zero-order chi connectivity index (χ0) is 3.54. The van der Waals surface area contributed by atoms with Crippen LogP contribution in [-0.2, 0) is 19.5 Å². The smallest absolute Gasteiger partial charge is 0.172 e. The molecule has 0 unspecified atom stereocenters. The number of hydrogen-bond donors (Lipinski definition) is 0. The first-order valence-electron chi connectivity index (χ1n) is 1.67. The predicted octanol–water partition coefficient (Wildman–Crippen LogP) is 1.32. The molecule has 0 aliphatic rings. The van der Waals surface area contributed by atoms with Crippen LogP contribution in [0.3, 0.4) is 0 Å². The van der Waals surface area contributed by atoms with Crippen LogP contribution in [0.25, 0.3) is 0 Å². The van der Waals surface area contributed by atoms with E-state index in [2.05, 4.69) is 0 Å². The topological polar surface area (TPSA) is 0 Å². The van der Waals surface area contributed by atoms with Crippen molar-refractivity contribution in [2.24, 2.45) is 0 Å². The molecule has 1 rings (SSSR count). The Morgan fingerprint density at radius 1 is 1.00 bits per heavy atom. The molecule has 0 aliphatic heterocycles. The minimum absolute atomic E-state index is 0. The van der Waals surface area contributed by atoms with Gasteiger partial charge in [-0.15, -0.1) is 0 Å². The van der Waals surface area contributed by atoms with Gasteiger partial charge < -0.3 is 7.43 Å². The van der Waals surface area contributed by atoms with Crippen LogP contribution in [0.4, 0.5) is 0 Å². The molecule has 1 aromatic rings. The van der Waals surface area contributed by atoms with Crippen LogP contribution >= 0.6 is 0 Å². The van der Waals surface area contributed by atoms with Crippen molar-refractivity contribution >= 4 is 0 Å². The van der Waals surface area contributed by atoms with E-state index in [1.54, 1.807) is 0 Å². The van der Waals surface area contributed by atoms with Gasteiger partial charge in [-0.25, -0.2) is 12.1 Å². The fourth-order valence-corrected chi connectivity index (χ4v) is 0.321. The number of rotatable bonds is 0. The van der Waals surface area contributed by atoms with Gasteiger partial charge in [0.05, 0.1) is 0 Å². The normalized spacial score (nSPS) is 5.71. The summed E-state index contributed by atoms with van der Waals surface area (Å²) in [6.45, 7) is 0. The van der Waals surface area contributed by atoms with Crippen LogP contribution in [0.2, 0.25) is 0 Å². The third-order valence-corrected chi connectivity index (χ3v) is 0.556. The fourth-order valence-electron chi connectivity index (χ4n) is 0.321.